The zero-order chi connectivity index (χ0) is 14.3. The highest BCUT2D eigenvalue weighted by Gasteiger charge is 2.36. The first-order chi connectivity index (χ1) is 9.15. The van der Waals surface area contributed by atoms with Gasteiger partial charge in [-0.3, -0.25) is 4.79 Å². The van der Waals surface area contributed by atoms with E-state index in [2.05, 4.69) is 0 Å². The summed E-state index contributed by atoms with van der Waals surface area (Å²) in [4.78, 5) is 12.7. The van der Waals surface area contributed by atoms with Crippen molar-refractivity contribution < 1.29 is 14.3 Å². The Morgan fingerprint density at radius 1 is 1.16 bits per heavy atom. The lowest BCUT2D eigenvalue weighted by molar-refractivity contribution is -0.00285. The van der Waals surface area contributed by atoms with Crippen molar-refractivity contribution in [3.05, 3.63) is 29.8 Å². The second kappa shape index (κ2) is 7.29. The van der Waals surface area contributed by atoms with Gasteiger partial charge in [0.1, 0.15) is 11.4 Å². The Morgan fingerprint density at radius 2 is 1.79 bits per heavy atom. The van der Waals surface area contributed by atoms with E-state index < -0.39 is 5.60 Å². The Bertz CT molecular complexity index is 400. The number of benzene rings is 1. The molecule has 0 aromatic heterocycles. The zero-order valence-corrected chi connectivity index (χ0v) is 12.4. The van der Waals surface area contributed by atoms with E-state index in [0.29, 0.717) is 30.8 Å². The summed E-state index contributed by atoms with van der Waals surface area (Å²) in [6.07, 6.45) is 2.22. The molecule has 1 rings (SSSR count). The van der Waals surface area contributed by atoms with E-state index in [9.17, 15) is 4.79 Å². The summed E-state index contributed by atoms with van der Waals surface area (Å²) < 4.78 is 11.2. The first kappa shape index (κ1) is 15.7. The third-order valence-electron chi connectivity index (χ3n) is 3.54. The molecule has 106 valence electrons. The van der Waals surface area contributed by atoms with E-state index in [-0.39, 0.29) is 5.78 Å². The molecule has 3 nitrogen and oxygen atoms in total. The fourth-order valence-electron chi connectivity index (χ4n) is 2.19. The number of para-hydroxylation sites is 1. The highest BCUT2D eigenvalue weighted by Crippen LogP contribution is 2.29. The molecule has 1 aromatic rings. The second-order valence-corrected chi connectivity index (χ2v) is 4.58. The predicted octanol–water partition coefficient (Wildman–Crippen LogP) is 3.86. The minimum atomic E-state index is -0.744. The molecule has 0 aliphatic rings. The Hall–Kier alpha value is -1.35. The third-order valence-corrected chi connectivity index (χ3v) is 3.54. The Labute approximate surface area is 115 Å². The molecule has 0 unspecified atom stereocenters. The van der Waals surface area contributed by atoms with Crippen molar-refractivity contribution in [2.45, 2.75) is 45.6 Å². The summed E-state index contributed by atoms with van der Waals surface area (Å²) in [5.41, 5.74) is -0.132. The normalized spacial score (nSPS) is 11.4. The molecule has 0 saturated carbocycles. The average molecular weight is 264 g/mol. The van der Waals surface area contributed by atoms with Gasteiger partial charge in [0.25, 0.3) is 0 Å². The lowest BCUT2D eigenvalue weighted by Gasteiger charge is -2.29. The van der Waals surface area contributed by atoms with Crippen molar-refractivity contribution in [3.8, 4) is 5.75 Å². The highest BCUT2D eigenvalue weighted by molar-refractivity contribution is 6.04. The standard InChI is InChI=1S/C16H24O3/c1-5-12-19-14-11-9-8-10-13(14)15(17)16(6-2,7-3)18-4/h8-11H,5-7,12H2,1-4H3. The Kier molecular flexibility index (Phi) is 6.03. The summed E-state index contributed by atoms with van der Waals surface area (Å²) in [6.45, 7) is 6.60. The number of carbonyl (C=O) groups excluding carboxylic acids is 1. The lowest BCUT2D eigenvalue weighted by Crippen LogP contribution is -2.39. The smallest absolute Gasteiger partial charge is 0.198 e. The van der Waals surface area contributed by atoms with E-state index in [1.807, 2.05) is 45.0 Å². The van der Waals surface area contributed by atoms with Crippen LogP contribution < -0.4 is 4.74 Å². The van der Waals surface area contributed by atoms with Crippen LogP contribution in [0.1, 0.15) is 50.4 Å². The summed E-state index contributed by atoms with van der Waals surface area (Å²) in [6, 6.07) is 7.40. The maximum atomic E-state index is 12.7. The van der Waals surface area contributed by atoms with Crippen LogP contribution in [0.25, 0.3) is 0 Å². The monoisotopic (exact) mass is 264 g/mol. The van der Waals surface area contributed by atoms with Crippen LogP contribution in [0, 0.1) is 0 Å². The fourth-order valence-corrected chi connectivity index (χ4v) is 2.19. The molecule has 19 heavy (non-hydrogen) atoms. The van der Waals surface area contributed by atoms with Crippen molar-refractivity contribution in [2.24, 2.45) is 0 Å². The topological polar surface area (TPSA) is 35.5 Å². The highest BCUT2D eigenvalue weighted by atomic mass is 16.5. The molecule has 0 radical (unpaired) electrons. The SMILES string of the molecule is CCCOc1ccccc1C(=O)C(CC)(CC)OC. The largest absolute Gasteiger partial charge is 0.493 e. The lowest BCUT2D eigenvalue weighted by atomic mass is 9.87. The number of rotatable bonds is 8. The van der Waals surface area contributed by atoms with Crippen LogP contribution in [0.15, 0.2) is 24.3 Å². The maximum absolute atomic E-state index is 12.7. The summed E-state index contributed by atoms with van der Waals surface area (Å²) in [5.74, 6) is 0.657. The van der Waals surface area contributed by atoms with E-state index in [0.717, 1.165) is 6.42 Å². The van der Waals surface area contributed by atoms with Gasteiger partial charge in [0.2, 0.25) is 0 Å². The number of ether oxygens (including phenoxy) is 2. The number of hydrogen-bond donors (Lipinski definition) is 0. The van der Waals surface area contributed by atoms with Crippen LogP contribution in [0.2, 0.25) is 0 Å². The first-order valence-electron chi connectivity index (χ1n) is 6.97. The van der Waals surface area contributed by atoms with Gasteiger partial charge in [-0.05, 0) is 31.4 Å². The molecule has 3 heteroatoms. The molecule has 0 aliphatic heterocycles. The van der Waals surface area contributed by atoms with Crippen LogP contribution in [0.4, 0.5) is 0 Å². The van der Waals surface area contributed by atoms with Gasteiger partial charge in [-0.25, -0.2) is 0 Å². The summed E-state index contributed by atoms with van der Waals surface area (Å²) in [5, 5.41) is 0. The van der Waals surface area contributed by atoms with Crippen molar-refractivity contribution in [3.63, 3.8) is 0 Å². The first-order valence-corrected chi connectivity index (χ1v) is 6.97. The molecule has 0 aliphatic carbocycles. The number of Topliss-reactive ketones (excluding diaryl/α,β-unsaturated/α-hetero) is 1. The fraction of sp³-hybridized carbons (Fsp3) is 0.562. The van der Waals surface area contributed by atoms with Crippen LogP contribution in [-0.2, 0) is 4.74 Å². The Morgan fingerprint density at radius 3 is 2.32 bits per heavy atom. The average Bonchev–Trinajstić information content (AvgIpc) is 2.47. The minimum Gasteiger partial charge on any atom is -0.493 e. The minimum absolute atomic E-state index is 0.00621. The number of methoxy groups -OCH3 is 1. The molecule has 0 amide bonds. The van der Waals surface area contributed by atoms with Crippen molar-refractivity contribution in [1.29, 1.82) is 0 Å². The van der Waals surface area contributed by atoms with Gasteiger partial charge in [0.15, 0.2) is 5.78 Å². The van der Waals surface area contributed by atoms with Crippen LogP contribution in [0.3, 0.4) is 0 Å². The van der Waals surface area contributed by atoms with Gasteiger partial charge < -0.3 is 9.47 Å². The van der Waals surface area contributed by atoms with E-state index in [4.69, 9.17) is 9.47 Å². The number of hydrogen-bond acceptors (Lipinski definition) is 3. The maximum Gasteiger partial charge on any atom is 0.198 e. The molecule has 0 heterocycles. The van der Waals surface area contributed by atoms with Gasteiger partial charge in [-0.15, -0.1) is 0 Å². The van der Waals surface area contributed by atoms with Crippen LogP contribution >= 0.6 is 0 Å². The van der Waals surface area contributed by atoms with Crippen molar-refractivity contribution in [1.82, 2.24) is 0 Å². The summed E-state index contributed by atoms with van der Waals surface area (Å²) >= 11 is 0. The van der Waals surface area contributed by atoms with Gasteiger partial charge in [-0.2, -0.15) is 0 Å². The van der Waals surface area contributed by atoms with Gasteiger partial charge >= 0.3 is 0 Å². The van der Waals surface area contributed by atoms with Crippen molar-refractivity contribution in [2.75, 3.05) is 13.7 Å². The molecule has 0 spiro atoms. The molecule has 0 atom stereocenters. The van der Waals surface area contributed by atoms with Crippen molar-refractivity contribution >= 4 is 5.78 Å². The molecular weight excluding hydrogens is 240 g/mol. The third kappa shape index (κ3) is 3.35. The zero-order valence-electron chi connectivity index (χ0n) is 12.4. The van der Waals surface area contributed by atoms with E-state index >= 15 is 0 Å². The van der Waals surface area contributed by atoms with Crippen LogP contribution in [0.5, 0.6) is 5.75 Å². The molecule has 0 saturated heterocycles. The molecular formula is C16H24O3. The quantitative estimate of drug-likeness (QED) is 0.669. The molecule has 0 bridgehead atoms. The molecule has 0 N–H and O–H groups in total. The number of carbonyl (C=O) groups is 1. The second-order valence-electron chi connectivity index (χ2n) is 4.58. The summed E-state index contributed by atoms with van der Waals surface area (Å²) in [7, 11) is 1.60. The van der Waals surface area contributed by atoms with Crippen LogP contribution in [-0.4, -0.2) is 25.1 Å². The number of ketones is 1. The molecule has 1 aromatic carbocycles. The van der Waals surface area contributed by atoms with E-state index in [1.165, 1.54) is 0 Å². The van der Waals surface area contributed by atoms with Gasteiger partial charge in [-0.1, -0.05) is 32.9 Å². The Balaban J connectivity index is 3.10. The van der Waals surface area contributed by atoms with E-state index in [1.54, 1.807) is 7.11 Å². The van der Waals surface area contributed by atoms with Gasteiger partial charge in [0, 0.05) is 7.11 Å². The predicted molar refractivity (Wildman–Crippen MR) is 76.9 cm³/mol. The molecule has 0 fully saturated rings. The van der Waals surface area contributed by atoms with Gasteiger partial charge in [0.05, 0.1) is 12.2 Å².